The van der Waals surface area contributed by atoms with Gasteiger partial charge in [0.05, 0.1) is 5.97 Å². The number of hydrogen-bond donors (Lipinski definition) is 2. The van der Waals surface area contributed by atoms with Gasteiger partial charge in [-0.1, -0.05) is 13.2 Å². The fourth-order valence-electron chi connectivity index (χ4n) is 0.556. The van der Waals surface area contributed by atoms with E-state index in [4.69, 9.17) is 0 Å². The maximum absolute atomic E-state index is 10.7. The summed E-state index contributed by atoms with van der Waals surface area (Å²) < 4.78 is 0. The van der Waals surface area contributed by atoms with E-state index in [0.29, 0.717) is 0 Å². The summed E-state index contributed by atoms with van der Waals surface area (Å²) in [5.74, 6) is -3.09. The van der Waals surface area contributed by atoms with Crippen molar-refractivity contribution in [3.8, 4) is 0 Å². The molecule has 0 aliphatic rings. The molecule has 0 aromatic rings. The number of carboxylic acid groups (broad SMARTS) is 1. The average molecular weight is 236 g/mol. The molecule has 0 fully saturated rings. The number of amides is 2. The van der Waals surface area contributed by atoms with Crippen LogP contribution in [0, 0.1) is 0 Å². The molecule has 0 atom stereocenters. The number of nitrogens with one attached hydrogen (secondary N) is 2. The van der Waals surface area contributed by atoms with Gasteiger partial charge >= 0.3 is 51.4 Å². The summed E-state index contributed by atoms with van der Waals surface area (Å²) in [4.78, 5) is 31.8. The molecule has 0 spiro atoms. The van der Waals surface area contributed by atoms with Crippen LogP contribution in [0.2, 0.25) is 0 Å². The molecule has 2 amide bonds. The van der Waals surface area contributed by atoms with Crippen LogP contribution in [0.4, 0.5) is 0 Å². The Morgan fingerprint density at radius 3 is 1.60 bits per heavy atom. The molecule has 0 aromatic carbocycles. The van der Waals surface area contributed by atoms with E-state index in [1.165, 1.54) is 0 Å². The smallest absolute Gasteiger partial charge is 0.546 e. The summed E-state index contributed by atoms with van der Waals surface area (Å²) in [7, 11) is 0. The largest absolute Gasteiger partial charge is 1.00 e. The Balaban J connectivity index is 0. The second kappa shape index (κ2) is 8.80. The first kappa shape index (κ1) is 16.9. The minimum absolute atomic E-state index is 0. The fourth-order valence-corrected chi connectivity index (χ4v) is 0.556. The van der Waals surface area contributed by atoms with E-state index in [1.54, 1.807) is 0 Å². The van der Waals surface area contributed by atoms with Gasteiger partial charge in [-0.2, -0.15) is 0 Å². The molecule has 76 valence electrons. The van der Waals surface area contributed by atoms with Crippen molar-refractivity contribution >= 4 is 17.8 Å². The molecule has 0 unspecified atom stereocenters. The van der Waals surface area contributed by atoms with E-state index >= 15 is 0 Å². The van der Waals surface area contributed by atoms with Crippen LogP contribution in [0.1, 0.15) is 0 Å². The molecule has 0 heterocycles. The third-order valence-electron chi connectivity index (χ3n) is 1.18. The Kier molecular flexibility index (Phi) is 9.94. The summed E-state index contributed by atoms with van der Waals surface area (Å²) in [6.07, 6.45) is 0.150. The zero-order chi connectivity index (χ0) is 11.1. The van der Waals surface area contributed by atoms with E-state index in [9.17, 15) is 19.5 Å². The Morgan fingerprint density at radius 2 is 1.40 bits per heavy atom. The summed E-state index contributed by atoms with van der Waals surface area (Å²) in [6.45, 7) is 6.23. The Bertz CT molecular complexity index is 268. The molecular formula is C8H9KN2O4. The minimum atomic E-state index is -1.63. The SMILES string of the molecule is C=CC(=O)NC(NC(=O)C=C)C(=O)[O-].[K+]. The Morgan fingerprint density at radius 1 is 1.07 bits per heavy atom. The zero-order valence-corrected chi connectivity index (χ0v) is 11.4. The van der Waals surface area contributed by atoms with Gasteiger partial charge in [0.15, 0.2) is 0 Å². The molecule has 15 heavy (non-hydrogen) atoms. The second-order valence-electron chi connectivity index (χ2n) is 2.18. The van der Waals surface area contributed by atoms with Gasteiger partial charge in [0.25, 0.3) is 0 Å². The van der Waals surface area contributed by atoms with Crippen LogP contribution in [0.5, 0.6) is 0 Å². The predicted octanol–water partition coefficient (Wildman–Crippen LogP) is -5.33. The standard InChI is InChI=1S/C8H10N2O4.K/c1-3-5(11)9-7(8(13)14)10-6(12)4-2;/h3-4,7H,1-2H2,(H,9,11)(H,10,12)(H,13,14);/q;+1/p-1. The molecule has 0 saturated heterocycles. The van der Waals surface area contributed by atoms with Crippen LogP contribution in [0.3, 0.4) is 0 Å². The van der Waals surface area contributed by atoms with E-state index in [2.05, 4.69) is 13.2 Å². The number of aliphatic carboxylic acids is 1. The van der Waals surface area contributed by atoms with Gasteiger partial charge in [-0.3, -0.25) is 9.59 Å². The first-order valence-corrected chi connectivity index (χ1v) is 3.58. The van der Waals surface area contributed by atoms with Crippen molar-refractivity contribution in [1.29, 1.82) is 0 Å². The van der Waals surface area contributed by atoms with Crippen LogP contribution in [-0.2, 0) is 14.4 Å². The fraction of sp³-hybridized carbons (Fsp3) is 0.125. The van der Waals surface area contributed by atoms with Gasteiger partial charge in [0, 0.05) is 0 Å². The van der Waals surface area contributed by atoms with Crippen molar-refractivity contribution in [2.24, 2.45) is 0 Å². The van der Waals surface area contributed by atoms with Crippen LogP contribution in [0.15, 0.2) is 25.3 Å². The van der Waals surface area contributed by atoms with Gasteiger partial charge < -0.3 is 20.5 Å². The second-order valence-corrected chi connectivity index (χ2v) is 2.18. The van der Waals surface area contributed by atoms with E-state index in [0.717, 1.165) is 12.2 Å². The molecule has 0 rings (SSSR count). The van der Waals surface area contributed by atoms with Gasteiger partial charge in [0.2, 0.25) is 11.8 Å². The number of carbonyl (C=O) groups is 3. The van der Waals surface area contributed by atoms with Crippen LogP contribution in [-0.4, -0.2) is 23.9 Å². The molecule has 0 aliphatic carbocycles. The van der Waals surface area contributed by atoms with Crippen molar-refractivity contribution < 1.29 is 70.9 Å². The monoisotopic (exact) mass is 236 g/mol. The van der Waals surface area contributed by atoms with E-state index in [-0.39, 0.29) is 51.4 Å². The van der Waals surface area contributed by atoms with Crippen LogP contribution in [0.25, 0.3) is 0 Å². The quantitative estimate of drug-likeness (QED) is 0.283. The number of carboxylic acids is 1. The van der Waals surface area contributed by atoms with Crippen LogP contribution < -0.4 is 67.1 Å². The van der Waals surface area contributed by atoms with Crippen molar-refractivity contribution in [3.05, 3.63) is 25.3 Å². The summed E-state index contributed by atoms with van der Waals surface area (Å²) >= 11 is 0. The van der Waals surface area contributed by atoms with Crippen LogP contribution >= 0.6 is 0 Å². The maximum Gasteiger partial charge on any atom is 1.00 e. The molecule has 2 N–H and O–H groups in total. The first-order chi connectivity index (χ1) is 6.51. The van der Waals surface area contributed by atoms with Gasteiger partial charge in [-0.25, -0.2) is 0 Å². The minimum Gasteiger partial charge on any atom is -0.546 e. The van der Waals surface area contributed by atoms with E-state index < -0.39 is 23.9 Å². The topological polar surface area (TPSA) is 98.3 Å². The normalized spacial score (nSPS) is 8.33. The third kappa shape index (κ3) is 7.45. The van der Waals surface area contributed by atoms with Crippen molar-refractivity contribution in [2.75, 3.05) is 0 Å². The first-order valence-electron chi connectivity index (χ1n) is 3.58. The van der Waals surface area contributed by atoms with Crippen molar-refractivity contribution in [1.82, 2.24) is 10.6 Å². The molecule has 0 radical (unpaired) electrons. The van der Waals surface area contributed by atoms with Crippen molar-refractivity contribution in [2.45, 2.75) is 6.17 Å². The van der Waals surface area contributed by atoms with Gasteiger partial charge in [-0.15, -0.1) is 0 Å². The average Bonchev–Trinajstić information content (AvgIpc) is 2.16. The van der Waals surface area contributed by atoms with E-state index in [1.807, 2.05) is 10.6 Å². The molecule has 7 heteroatoms. The molecule has 0 aliphatic heterocycles. The summed E-state index contributed by atoms with van der Waals surface area (Å²) in [5.41, 5.74) is 0. The van der Waals surface area contributed by atoms with Crippen molar-refractivity contribution in [3.63, 3.8) is 0 Å². The Hall–Kier alpha value is -0.474. The number of hydrogen-bond acceptors (Lipinski definition) is 4. The molecule has 0 bridgehead atoms. The molecular weight excluding hydrogens is 227 g/mol. The third-order valence-corrected chi connectivity index (χ3v) is 1.18. The number of rotatable bonds is 5. The summed E-state index contributed by atoms with van der Waals surface area (Å²) in [6, 6.07) is 0. The molecule has 6 nitrogen and oxygen atoms in total. The predicted molar refractivity (Wildman–Crippen MR) is 45.5 cm³/mol. The molecule has 0 aromatic heterocycles. The Labute approximate surface area is 129 Å². The molecule has 0 saturated carbocycles. The van der Waals surface area contributed by atoms with Gasteiger partial charge in [-0.05, 0) is 12.2 Å². The van der Waals surface area contributed by atoms with Gasteiger partial charge in [0.1, 0.15) is 6.17 Å². The maximum atomic E-state index is 10.7. The zero-order valence-electron chi connectivity index (χ0n) is 8.28. The summed E-state index contributed by atoms with van der Waals surface area (Å²) in [5, 5.41) is 14.3. The number of carbonyl (C=O) groups excluding carboxylic acids is 3.